The smallest absolute Gasteiger partial charge is 0.305 e. The van der Waals surface area contributed by atoms with Gasteiger partial charge in [-0.25, -0.2) is 0 Å². The fourth-order valence-corrected chi connectivity index (χ4v) is 1.12. The zero-order valence-electron chi connectivity index (χ0n) is 12.2. The lowest BCUT2D eigenvalue weighted by Crippen LogP contribution is -2.03. The summed E-state index contributed by atoms with van der Waals surface area (Å²) in [6.45, 7) is 8.49. The van der Waals surface area contributed by atoms with Crippen molar-refractivity contribution in [3.8, 4) is 0 Å². The molecule has 0 aromatic heterocycles. The van der Waals surface area contributed by atoms with Gasteiger partial charge in [0.25, 0.3) is 0 Å². The highest BCUT2D eigenvalue weighted by Gasteiger charge is 1.98. The Hall–Kier alpha value is -1.06. The van der Waals surface area contributed by atoms with Crippen molar-refractivity contribution in [3.05, 3.63) is 0 Å². The molecule has 0 atom stereocenters. The van der Waals surface area contributed by atoms with E-state index in [1.807, 2.05) is 6.92 Å². The summed E-state index contributed by atoms with van der Waals surface area (Å²) in [7, 11) is 0. The Balaban J connectivity index is 0. The van der Waals surface area contributed by atoms with Crippen molar-refractivity contribution in [2.24, 2.45) is 5.92 Å². The van der Waals surface area contributed by atoms with Gasteiger partial charge in [0.15, 0.2) is 0 Å². The molecule has 0 unspecified atom stereocenters. The summed E-state index contributed by atoms with van der Waals surface area (Å²) >= 11 is 0. The molecular weight excluding hydrogens is 232 g/mol. The second-order valence-corrected chi connectivity index (χ2v) is 4.56. The molecule has 0 aliphatic heterocycles. The number of carboxylic acid groups (broad SMARTS) is 1. The van der Waals surface area contributed by atoms with Gasteiger partial charge in [0.2, 0.25) is 0 Å². The largest absolute Gasteiger partial charge is 0.481 e. The predicted molar refractivity (Wildman–Crippen MR) is 72.5 cm³/mol. The fourth-order valence-electron chi connectivity index (χ4n) is 1.12. The summed E-state index contributed by atoms with van der Waals surface area (Å²) in [5, 5.41) is 7.72. The number of rotatable bonds is 8. The van der Waals surface area contributed by atoms with Crippen molar-refractivity contribution >= 4 is 11.9 Å². The zero-order valence-corrected chi connectivity index (χ0v) is 12.2. The molecule has 0 radical (unpaired) electrons. The predicted octanol–water partition coefficient (Wildman–Crippen LogP) is 3.64. The summed E-state index contributed by atoms with van der Waals surface area (Å²) in [5.74, 6) is -0.0351. The van der Waals surface area contributed by atoms with Gasteiger partial charge in [-0.05, 0) is 12.3 Å². The third kappa shape index (κ3) is 20.4. The van der Waals surface area contributed by atoms with Crippen LogP contribution in [-0.2, 0) is 14.3 Å². The van der Waals surface area contributed by atoms with E-state index in [2.05, 4.69) is 13.8 Å². The Morgan fingerprint density at radius 2 is 1.61 bits per heavy atom. The van der Waals surface area contributed by atoms with Gasteiger partial charge in [0, 0.05) is 12.8 Å². The van der Waals surface area contributed by atoms with Crippen molar-refractivity contribution in [1.82, 2.24) is 0 Å². The number of carbonyl (C=O) groups is 2. The Labute approximate surface area is 111 Å². The fraction of sp³-hybridized carbons (Fsp3) is 0.857. The van der Waals surface area contributed by atoms with Crippen LogP contribution in [-0.4, -0.2) is 23.7 Å². The summed E-state index contributed by atoms with van der Waals surface area (Å²) in [6, 6.07) is 0. The van der Waals surface area contributed by atoms with Crippen LogP contribution in [0.3, 0.4) is 0 Å². The molecule has 0 heterocycles. The third-order valence-corrected chi connectivity index (χ3v) is 2.28. The van der Waals surface area contributed by atoms with E-state index < -0.39 is 5.97 Å². The first-order valence-electron chi connectivity index (χ1n) is 6.81. The lowest BCUT2D eigenvalue weighted by Gasteiger charge is -2.04. The van der Waals surface area contributed by atoms with Crippen LogP contribution in [0.15, 0.2) is 0 Å². The first kappa shape index (κ1) is 19.3. The second kappa shape index (κ2) is 14.0. The Bertz CT molecular complexity index is 212. The highest BCUT2D eigenvalue weighted by atomic mass is 16.5. The summed E-state index contributed by atoms with van der Waals surface area (Å²) in [5.41, 5.74) is 0. The molecule has 18 heavy (non-hydrogen) atoms. The molecule has 0 saturated carbocycles. The first-order chi connectivity index (χ1) is 8.43. The molecule has 1 N–H and O–H groups in total. The van der Waals surface area contributed by atoms with Crippen LogP contribution in [0.25, 0.3) is 0 Å². The van der Waals surface area contributed by atoms with Gasteiger partial charge in [-0.1, -0.05) is 47.0 Å². The highest BCUT2D eigenvalue weighted by molar-refractivity contribution is 5.68. The molecular formula is C14H28O4. The van der Waals surface area contributed by atoms with E-state index >= 15 is 0 Å². The van der Waals surface area contributed by atoms with E-state index in [0.29, 0.717) is 13.0 Å². The van der Waals surface area contributed by atoms with Crippen LogP contribution in [0.4, 0.5) is 0 Å². The quantitative estimate of drug-likeness (QED) is 0.534. The number of hydrogen-bond donors (Lipinski definition) is 1. The minimum absolute atomic E-state index is 0.0798. The van der Waals surface area contributed by atoms with E-state index in [0.717, 1.165) is 12.3 Å². The van der Waals surface area contributed by atoms with Crippen LogP contribution in [0.5, 0.6) is 0 Å². The van der Waals surface area contributed by atoms with Gasteiger partial charge in [0.1, 0.15) is 0 Å². The molecule has 108 valence electrons. The van der Waals surface area contributed by atoms with Gasteiger partial charge in [-0.3, -0.25) is 9.59 Å². The average Bonchev–Trinajstić information content (AvgIpc) is 2.33. The maximum Gasteiger partial charge on any atom is 0.305 e. The summed E-state index contributed by atoms with van der Waals surface area (Å²) < 4.78 is 4.96. The lowest BCUT2D eigenvalue weighted by atomic mass is 10.1. The third-order valence-electron chi connectivity index (χ3n) is 2.28. The van der Waals surface area contributed by atoms with Crippen LogP contribution in [0.2, 0.25) is 0 Å². The van der Waals surface area contributed by atoms with E-state index in [9.17, 15) is 9.59 Å². The molecule has 0 rings (SSSR count). The molecule has 4 nitrogen and oxygen atoms in total. The Kier molecular flexibility index (Phi) is 15.0. The molecule has 0 fully saturated rings. The monoisotopic (exact) mass is 260 g/mol. The van der Waals surface area contributed by atoms with Crippen molar-refractivity contribution in [2.45, 2.75) is 66.2 Å². The standard InChI is InChI=1S/C11H22O2.C3H6O2/c1-4-11(12)13-9-7-5-6-8-10(2)3;1-2-3(4)5/h10H,4-9H2,1-3H3;2H2,1H3,(H,4,5). The lowest BCUT2D eigenvalue weighted by molar-refractivity contribution is -0.143. The molecule has 0 saturated heterocycles. The zero-order chi connectivity index (χ0) is 14.4. The van der Waals surface area contributed by atoms with E-state index in [1.165, 1.54) is 19.3 Å². The molecule has 0 bridgehead atoms. The van der Waals surface area contributed by atoms with Crippen molar-refractivity contribution < 1.29 is 19.4 Å². The molecule has 0 aliphatic carbocycles. The van der Waals surface area contributed by atoms with Gasteiger partial charge in [0.05, 0.1) is 6.61 Å². The maximum atomic E-state index is 10.7. The maximum absolute atomic E-state index is 10.7. The van der Waals surface area contributed by atoms with E-state index in [4.69, 9.17) is 9.84 Å². The van der Waals surface area contributed by atoms with Crippen LogP contribution < -0.4 is 0 Å². The molecule has 0 spiro atoms. The minimum Gasteiger partial charge on any atom is -0.481 e. The number of carboxylic acids is 1. The molecule has 0 aliphatic rings. The first-order valence-corrected chi connectivity index (χ1v) is 6.81. The van der Waals surface area contributed by atoms with Crippen LogP contribution in [0, 0.1) is 5.92 Å². The number of hydrogen-bond acceptors (Lipinski definition) is 3. The molecule has 0 aromatic rings. The van der Waals surface area contributed by atoms with Gasteiger partial charge in [-0.2, -0.15) is 0 Å². The SMILES string of the molecule is CCC(=O)O.CCC(=O)OCCCCCC(C)C. The highest BCUT2D eigenvalue weighted by Crippen LogP contribution is 2.07. The van der Waals surface area contributed by atoms with Gasteiger partial charge in [-0.15, -0.1) is 0 Å². The second-order valence-electron chi connectivity index (χ2n) is 4.56. The number of unbranched alkanes of at least 4 members (excludes halogenated alkanes) is 2. The van der Waals surface area contributed by atoms with E-state index in [-0.39, 0.29) is 12.4 Å². The van der Waals surface area contributed by atoms with Gasteiger partial charge < -0.3 is 9.84 Å². The van der Waals surface area contributed by atoms with Crippen molar-refractivity contribution in [1.29, 1.82) is 0 Å². The number of carbonyl (C=O) groups excluding carboxylic acids is 1. The summed E-state index contributed by atoms with van der Waals surface area (Å²) in [4.78, 5) is 20.1. The summed E-state index contributed by atoms with van der Waals surface area (Å²) in [6.07, 6.45) is 5.43. The Morgan fingerprint density at radius 1 is 1.06 bits per heavy atom. The van der Waals surface area contributed by atoms with Gasteiger partial charge >= 0.3 is 11.9 Å². The van der Waals surface area contributed by atoms with Crippen molar-refractivity contribution in [2.75, 3.05) is 6.61 Å². The normalized spacial score (nSPS) is 9.61. The molecule has 4 heteroatoms. The minimum atomic E-state index is -0.745. The van der Waals surface area contributed by atoms with E-state index in [1.54, 1.807) is 6.92 Å². The number of aliphatic carboxylic acids is 1. The molecule has 0 amide bonds. The van der Waals surface area contributed by atoms with Crippen molar-refractivity contribution in [3.63, 3.8) is 0 Å². The van der Waals surface area contributed by atoms with Crippen LogP contribution in [0.1, 0.15) is 66.2 Å². The topological polar surface area (TPSA) is 63.6 Å². The number of esters is 1. The average molecular weight is 260 g/mol. The molecule has 0 aromatic carbocycles. The number of ether oxygens (including phenoxy) is 1. The Morgan fingerprint density at radius 3 is 2.00 bits per heavy atom. The van der Waals surface area contributed by atoms with Crippen LogP contribution >= 0.6 is 0 Å².